The molecule has 0 saturated heterocycles. The zero-order chi connectivity index (χ0) is 18.8. The normalized spacial score (nSPS) is 16.7. The van der Waals surface area contributed by atoms with Gasteiger partial charge in [0.05, 0.1) is 12.3 Å². The van der Waals surface area contributed by atoms with E-state index in [1.807, 2.05) is 0 Å². The lowest BCUT2D eigenvalue weighted by Crippen LogP contribution is -2.54. The van der Waals surface area contributed by atoms with Crippen molar-refractivity contribution < 1.29 is 28.6 Å². The molecule has 0 saturated carbocycles. The largest absolute Gasteiger partial charge is 0.476 e. The van der Waals surface area contributed by atoms with E-state index in [0.29, 0.717) is 17.0 Å². The number of fused-ring (bicyclic) bond motifs is 1. The van der Waals surface area contributed by atoms with Crippen LogP contribution in [0.15, 0.2) is 18.2 Å². The molecule has 7 heteroatoms. The average molecular weight is 349 g/mol. The third kappa shape index (κ3) is 4.17. The van der Waals surface area contributed by atoms with Crippen LogP contribution in [0.2, 0.25) is 0 Å². The highest BCUT2D eigenvalue weighted by Crippen LogP contribution is 2.38. The van der Waals surface area contributed by atoms with Gasteiger partial charge in [0.15, 0.2) is 11.4 Å². The Bertz CT molecular complexity index is 697. The summed E-state index contributed by atoms with van der Waals surface area (Å²) < 4.78 is 15.9. The lowest BCUT2D eigenvalue weighted by Gasteiger charge is -2.38. The fraction of sp³-hybridized carbons (Fsp3) is 0.500. The summed E-state index contributed by atoms with van der Waals surface area (Å²) >= 11 is 0. The topological polar surface area (TPSA) is 82.1 Å². The first-order valence-corrected chi connectivity index (χ1v) is 8.00. The predicted molar refractivity (Wildman–Crippen MR) is 90.9 cm³/mol. The summed E-state index contributed by atoms with van der Waals surface area (Å²) in [5.41, 5.74) is -0.308. The molecule has 0 aromatic heterocycles. The number of hydrogen-bond donors (Lipinski definition) is 0. The highest BCUT2D eigenvalue weighted by molar-refractivity contribution is 6.06. The predicted octanol–water partition coefficient (Wildman–Crippen LogP) is 1.97. The van der Waals surface area contributed by atoms with Gasteiger partial charge in [-0.2, -0.15) is 0 Å². The molecule has 0 spiro atoms. The zero-order valence-corrected chi connectivity index (χ0v) is 15.1. The number of rotatable bonds is 6. The van der Waals surface area contributed by atoms with Crippen molar-refractivity contribution in [3.63, 3.8) is 0 Å². The van der Waals surface area contributed by atoms with E-state index >= 15 is 0 Å². The number of esters is 1. The standard InChI is InChI=1S/C18H23NO6/c1-11(10-23-5)24-16(21)9-19-14-8-13(12(2)20)6-7-15(14)25-18(3,4)17(19)22/h6-8,11H,9-10H2,1-5H3. The smallest absolute Gasteiger partial charge is 0.326 e. The molecule has 0 N–H and O–H groups in total. The minimum absolute atomic E-state index is 0.142. The zero-order valence-electron chi connectivity index (χ0n) is 15.1. The molecule has 7 nitrogen and oxygen atoms in total. The molecule has 2 rings (SSSR count). The Labute approximate surface area is 146 Å². The van der Waals surface area contributed by atoms with Gasteiger partial charge in [0, 0.05) is 12.7 Å². The van der Waals surface area contributed by atoms with E-state index in [1.165, 1.54) is 18.9 Å². The first-order valence-electron chi connectivity index (χ1n) is 8.00. The van der Waals surface area contributed by atoms with Crippen LogP contribution < -0.4 is 9.64 Å². The summed E-state index contributed by atoms with van der Waals surface area (Å²) in [6, 6.07) is 4.81. The summed E-state index contributed by atoms with van der Waals surface area (Å²) in [6.07, 6.45) is -0.426. The van der Waals surface area contributed by atoms with Gasteiger partial charge in [0.25, 0.3) is 5.91 Å². The van der Waals surface area contributed by atoms with Gasteiger partial charge in [-0.3, -0.25) is 19.3 Å². The van der Waals surface area contributed by atoms with E-state index in [9.17, 15) is 14.4 Å². The van der Waals surface area contributed by atoms with E-state index in [4.69, 9.17) is 14.2 Å². The molecule has 1 amide bonds. The van der Waals surface area contributed by atoms with Crippen LogP contribution in [0.4, 0.5) is 5.69 Å². The van der Waals surface area contributed by atoms with Crippen molar-refractivity contribution in [3.8, 4) is 5.75 Å². The van der Waals surface area contributed by atoms with Crippen molar-refractivity contribution in [2.45, 2.75) is 39.4 Å². The van der Waals surface area contributed by atoms with Gasteiger partial charge in [-0.15, -0.1) is 0 Å². The van der Waals surface area contributed by atoms with Crippen LogP contribution in [0.1, 0.15) is 38.1 Å². The first-order chi connectivity index (χ1) is 11.7. The maximum absolute atomic E-state index is 12.7. The van der Waals surface area contributed by atoms with E-state index in [2.05, 4.69) is 0 Å². The van der Waals surface area contributed by atoms with Crippen LogP contribution in [0.25, 0.3) is 0 Å². The lowest BCUT2D eigenvalue weighted by atomic mass is 10.0. The molecule has 0 fully saturated rings. The Hall–Kier alpha value is -2.41. The Morgan fingerprint density at radius 1 is 1.32 bits per heavy atom. The van der Waals surface area contributed by atoms with Gasteiger partial charge in [-0.05, 0) is 45.9 Å². The summed E-state index contributed by atoms with van der Waals surface area (Å²) in [5, 5.41) is 0. The molecule has 1 aromatic carbocycles. The number of anilines is 1. The second-order valence-corrected chi connectivity index (χ2v) is 6.50. The summed E-state index contributed by atoms with van der Waals surface area (Å²) in [5.74, 6) is -0.643. The lowest BCUT2D eigenvalue weighted by molar-refractivity contribution is -0.150. The number of hydrogen-bond acceptors (Lipinski definition) is 6. The molecular formula is C18H23NO6. The molecule has 25 heavy (non-hydrogen) atoms. The van der Waals surface area contributed by atoms with Crippen LogP contribution in [0, 0.1) is 0 Å². The summed E-state index contributed by atoms with van der Waals surface area (Å²) in [7, 11) is 1.51. The average Bonchev–Trinajstić information content (AvgIpc) is 2.51. The van der Waals surface area contributed by atoms with Crippen molar-refractivity contribution >= 4 is 23.3 Å². The Balaban J connectivity index is 2.32. The molecular weight excluding hydrogens is 326 g/mol. The van der Waals surface area contributed by atoms with Crippen molar-refractivity contribution in [2.24, 2.45) is 0 Å². The number of benzene rings is 1. The van der Waals surface area contributed by atoms with Crippen molar-refractivity contribution in [1.29, 1.82) is 0 Å². The number of ether oxygens (including phenoxy) is 3. The highest BCUT2D eigenvalue weighted by Gasteiger charge is 2.42. The van der Waals surface area contributed by atoms with E-state index in [1.54, 1.807) is 39.0 Å². The Kier molecular flexibility index (Phi) is 5.47. The van der Waals surface area contributed by atoms with Gasteiger partial charge in [-0.1, -0.05) is 0 Å². The number of carbonyl (C=O) groups is 3. The minimum Gasteiger partial charge on any atom is -0.476 e. The fourth-order valence-electron chi connectivity index (χ4n) is 2.60. The van der Waals surface area contributed by atoms with Crippen LogP contribution in [-0.2, 0) is 19.1 Å². The van der Waals surface area contributed by atoms with Gasteiger partial charge in [0.1, 0.15) is 18.4 Å². The molecule has 1 heterocycles. The molecule has 0 radical (unpaired) electrons. The van der Waals surface area contributed by atoms with Crippen LogP contribution in [0.3, 0.4) is 0 Å². The molecule has 1 aliphatic rings. The van der Waals surface area contributed by atoms with E-state index < -0.39 is 17.7 Å². The summed E-state index contributed by atoms with van der Waals surface area (Å²) in [6.45, 7) is 6.38. The Morgan fingerprint density at radius 2 is 2.00 bits per heavy atom. The summed E-state index contributed by atoms with van der Waals surface area (Å²) in [4.78, 5) is 37.9. The first kappa shape index (κ1) is 18.9. The third-order valence-electron chi connectivity index (χ3n) is 3.80. The van der Waals surface area contributed by atoms with Crippen molar-refractivity contribution in [3.05, 3.63) is 23.8 Å². The maximum atomic E-state index is 12.7. The number of carbonyl (C=O) groups excluding carboxylic acids is 3. The molecule has 1 aliphatic heterocycles. The minimum atomic E-state index is -1.12. The number of Topliss-reactive ketones (excluding diaryl/α,β-unsaturated/α-hetero) is 1. The van der Waals surface area contributed by atoms with Gasteiger partial charge < -0.3 is 14.2 Å². The molecule has 1 aromatic rings. The number of amides is 1. The fourth-order valence-corrected chi connectivity index (χ4v) is 2.60. The molecule has 0 bridgehead atoms. The molecule has 1 atom stereocenters. The number of methoxy groups -OCH3 is 1. The van der Waals surface area contributed by atoms with Crippen LogP contribution in [0.5, 0.6) is 5.75 Å². The number of ketones is 1. The van der Waals surface area contributed by atoms with Gasteiger partial charge in [-0.25, -0.2) is 0 Å². The van der Waals surface area contributed by atoms with Crippen molar-refractivity contribution in [1.82, 2.24) is 0 Å². The van der Waals surface area contributed by atoms with E-state index in [-0.39, 0.29) is 24.8 Å². The van der Waals surface area contributed by atoms with Gasteiger partial charge >= 0.3 is 5.97 Å². The molecule has 1 unspecified atom stereocenters. The van der Waals surface area contributed by atoms with E-state index in [0.717, 1.165) is 0 Å². The van der Waals surface area contributed by atoms with Crippen molar-refractivity contribution in [2.75, 3.05) is 25.2 Å². The Morgan fingerprint density at radius 3 is 2.60 bits per heavy atom. The molecule has 0 aliphatic carbocycles. The second-order valence-electron chi connectivity index (χ2n) is 6.50. The SMILES string of the molecule is COCC(C)OC(=O)CN1C(=O)C(C)(C)Oc2ccc(C(C)=O)cc21. The van der Waals surface area contributed by atoms with Gasteiger partial charge in [0.2, 0.25) is 0 Å². The quantitative estimate of drug-likeness (QED) is 0.577. The number of nitrogens with zero attached hydrogens (tertiary/aromatic N) is 1. The van der Waals surface area contributed by atoms with Crippen LogP contribution in [-0.4, -0.2) is 49.6 Å². The third-order valence-corrected chi connectivity index (χ3v) is 3.80. The monoisotopic (exact) mass is 349 g/mol. The second kappa shape index (κ2) is 7.23. The van der Waals surface area contributed by atoms with Crippen LogP contribution >= 0.6 is 0 Å². The molecule has 136 valence electrons. The highest BCUT2D eigenvalue weighted by atomic mass is 16.6. The maximum Gasteiger partial charge on any atom is 0.326 e.